The van der Waals surface area contributed by atoms with Crippen LogP contribution in [0.15, 0.2) is 53.1 Å². The van der Waals surface area contributed by atoms with Gasteiger partial charge in [0.25, 0.3) is 0 Å². The number of phenolic OH excluding ortho intramolecular Hbond substituents is 1. The van der Waals surface area contributed by atoms with Crippen LogP contribution < -0.4 is 0 Å². The second-order valence-corrected chi connectivity index (χ2v) is 11.3. The molecule has 0 radical (unpaired) electrons. The summed E-state index contributed by atoms with van der Waals surface area (Å²) in [7, 11) is -1.04. The van der Waals surface area contributed by atoms with Crippen LogP contribution in [-0.2, 0) is 4.65 Å². The van der Waals surface area contributed by atoms with Crippen LogP contribution in [0.1, 0.15) is 76.4 Å². The molecule has 2 aromatic rings. The molecule has 0 bridgehead atoms. The summed E-state index contributed by atoms with van der Waals surface area (Å²) >= 11 is 0. The maximum absolute atomic E-state index is 13.7. The Morgan fingerprint density at radius 2 is 1.72 bits per heavy atom. The Kier molecular flexibility index (Phi) is 7.95. The first-order valence-electron chi connectivity index (χ1n) is 14.1. The minimum absolute atomic E-state index is 0.0489. The van der Waals surface area contributed by atoms with Crippen molar-refractivity contribution >= 4 is 24.8 Å². The van der Waals surface area contributed by atoms with Crippen LogP contribution in [0.4, 0.5) is 0 Å². The molecule has 204 valence electrons. The number of aromatic hydroxyl groups is 1. The van der Waals surface area contributed by atoms with Crippen LogP contribution in [0.25, 0.3) is 6.08 Å². The van der Waals surface area contributed by atoms with Crippen LogP contribution in [0, 0.1) is 31.6 Å². The number of carbonyl (C=O) groups is 2. The molecule has 0 unspecified atom stereocenters. The van der Waals surface area contributed by atoms with Gasteiger partial charge in [-0.3, -0.25) is 9.59 Å². The van der Waals surface area contributed by atoms with Gasteiger partial charge in [-0.05, 0) is 91.7 Å². The molecule has 1 heterocycles. The molecular formula is C32H37BO6. The average molecular weight is 528 g/mol. The van der Waals surface area contributed by atoms with Crippen LogP contribution in [0.2, 0.25) is 6.32 Å². The van der Waals surface area contributed by atoms with E-state index in [1.54, 1.807) is 24.3 Å². The number of allylic oxidation sites excluding steroid dienone is 1. The molecule has 4 atom stereocenters. The van der Waals surface area contributed by atoms with Gasteiger partial charge in [-0.2, -0.15) is 0 Å². The molecule has 0 amide bonds. The number of aliphatic hydroxyl groups excluding tert-OH is 1. The number of aliphatic hydroxyl groups is 1. The quantitative estimate of drug-likeness (QED) is 0.325. The van der Waals surface area contributed by atoms with Crippen molar-refractivity contribution in [3.63, 3.8) is 0 Å². The molecule has 6 nitrogen and oxygen atoms in total. The van der Waals surface area contributed by atoms with Gasteiger partial charge in [0.15, 0.2) is 11.6 Å². The Labute approximate surface area is 230 Å². The molecule has 1 saturated heterocycles. The van der Waals surface area contributed by atoms with Crippen molar-refractivity contribution in [2.75, 3.05) is 6.61 Å². The fourth-order valence-electron chi connectivity index (χ4n) is 7.03. The van der Waals surface area contributed by atoms with Crippen molar-refractivity contribution in [2.45, 2.75) is 65.3 Å². The molecule has 1 aliphatic heterocycles. The molecule has 0 saturated carbocycles. The van der Waals surface area contributed by atoms with Crippen molar-refractivity contribution < 1.29 is 29.5 Å². The van der Waals surface area contributed by atoms with E-state index in [2.05, 4.69) is 13.0 Å². The molecule has 3 N–H and O–H groups in total. The van der Waals surface area contributed by atoms with E-state index in [1.165, 1.54) is 5.57 Å². The van der Waals surface area contributed by atoms with Gasteiger partial charge in [0, 0.05) is 23.0 Å². The standard InChI is InChI=1S/C32H37BO6/c1-4-7-20(14-21-12-18(2)30(35)19(3)13-21)10-11-27-28-22(17-34)15-25-29(26(28)16-33(38)39-27)32(37)24-9-6-5-8-23(24)31(25)36/h5-6,8-9,12-14,25-27,29,34-35,38H,4,7,10-11,15-17H2,1-3H3/b20-14+/t25-,26+,27-,29-/m1/s1. The fraction of sp³-hybridized carbons (Fsp3) is 0.438. The third kappa shape index (κ3) is 5.16. The predicted molar refractivity (Wildman–Crippen MR) is 152 cm³/mol. The number of fused-ring (bicyclic) bond motifs is 4. The number of ketones is 2. The van der Waals surface area contributed by atoms with E-state index in [0.29, 0.717) is 29.7 Å². The lowest BCUT2D eigenvalue weighted by atomic mass is 9.54. The Hall–Kier alpha value is -3.00. The highest BCUT2D eigenvalue weighted by molar-refractivity contribution is 6.43. The van der Waals surface area contributed by atoms with E-state index < -0.39 is 25.1 Å². The van der Waals surface area contributed by atoms with E-state index in [4.69, 9.17) is 4.65 Å². The van der Waals surface area contributed by atoms with Gasteiger partial charge in [-0.1, -0.05) is 49.3 Å². The smallest absolute Gasteiger partial charge is 0.455 e. The summed E-state index contributed by atoms with van der Waals surface area (Å²) in [6, 6.07) is 10.9. The summed E-state index contributed by atoms with van der Waals surface area (Å²) in [5.74, 6) is -1.20. The maximum atomic E-state index is 13.7. The minimum atomic E-state index is -1.04. The average Bonchev–Trinajstić information content (AvgIpc) is 2.92. The zero-order valence-corrected chi connectivity index (χ0v) is 22.9. The van der Waals surface area contributed by atoms with Crippen molar-refractivity contribution in [3.8, 4) is 5.75 Å². The molecule has 0 aromatic heterocycles. The minimum Gasteiger partial charge on any atom is -0.507 e. The first kappa shape index (κ1) is 27.6. The van der Waals surface area contributed by atoms with E-state index in [0.717, 1.165) is 47.1 Å². The highest BCUT2D eigenvalue weighted by Gasteiger charge is 2.53. The first-order valence-corrected chi connectivity index (χ1v) is 14.1. The number of aryl methyl sites for hydroxylation is 2. The zero-order chi connectivity index (χ0) is 27.8. The summed E-state index contributed by atoms with van der Waals surface area (Å²) in [5, 5.41) is 31.3. The Balaban J connectivity index is 1.45. The van der Waals surface area contributed by atoms with Crippen LogP contribution in [0.3, 0.4) is 0 Å². The number of rotatable bonds is 7. The molecule has 1 fully saturated rings. The lowest BCUT2D eigenvalue weighted by Crippen LogP contribution is -2.51. The van der Waals surface area contributed by atoms with Crippen LogP contribution in [-0.4, -0.2) is 46.6 Å². The molecule has 0 spiro atoms. The number of hydrogen-bond donors (Lipinski definition) is 3. The Morgan fingerprint density at radius 3 is 2.36 bits per heavy atom. The largest absolute Gasteiger partial charge is 0.507 e. The summed E-state index contributed by atoms with van der Waals surface area (Å²) in [6.07, 6.45) is 5.50. The van der Waals surface area contributed by atoms with Gasteiger partial charge in [0.1, 0.15) is 5.75 Å². The Bertz CT molecular complexity index is 1340. The highest BCUT2D eigenvalue weighted by atomic mass is 16.5. The van der Waals surface area contributed by atoms with Gasteiger partial charge in [-0.15, -0.1) is 0 Å². The van der Waals surface area contributed by atoms with E-state index >= 15 is 0 Å². The molecule has 2 aliphatic carbocycles. The molecule has 5 rings (SSSR count). The summed E-state index contributed by atoms with van der Waals surface area (Å²) in [5.41, 5.74) is 6.53. The molecule has 7 heteroatoms. The topological polar surface area (TPSA) is 104 Å². The van der Waals surface area contributed by atoms with Crippen molar-refractivity contribution in [2.24, 2.45) is 17.8 Å². The second-order valence-electron chi connectivity index (χ2n) is 11.3. The summed E-state index contributed by atoms with van der Waals surface area (Å²) in [4.78, 5) is 27.2. The Morgan fingerprint density at radius 1 is 1.05 bits per heavy atom. The zero-order valence-electron chi connectivity index (χ0n) is 22.9. The lowest BCUT2D eigenvalue weighted by molar-refractivity contribution is 0.0590. The highest BCUT2D eigenvalue weighted by Crippen LogP contribution is 2.50. The maximum Gasteiger partial charge on any atom is 0.455 e. The number of hydrogen-bond acceptors (Lipinski definition) is 6. The van der Waals surface area contributed by atoms with E-state index in [-0.39, 0.29) is 30.4 Å². The van der Waals surface area contributed by atoms with E-state index in [1.807, 2.05) is 26.0 Å². The van der Waals surface area contributed by atoms with Gasteiger partial charge >= 0.3 is 7.12 Å². The third-order valence-corrected chi connectivity index (χ3v) is 8.74. The number of benzene rings is 2. The third-order valence-electron chi connectivity index (χ3n) is 8.74. The number of Topliss-reactive ketones (excluding diaryl/α,β-unsaturated/α-hetero) is 2. The van der Waals surface area contributed by atoms with Crippen molar-refractivity contribution in [3.05, 3.63) is 80.9 Å². The first-order chi connectivity index (χ1) is 18.7. The SMILES string of the molecule is CCC/C(=C\c1cc(C)c(O)c(C)c1)CC[C@H]1OB(O)C[C@H]2C1=C(CO)C[C@H]1C(=O)c3ccccc3C(=O)[C@H]12. The fourth-order valence-corrected chi connectivity index (χ4v) is 7.03. The molecular weight excluding hydrogens is 491 g/mol. The number of phenols is 1. The summed E-state index contributed by atoms with van der Waals surface area (Å²) < 4.78 is 6.06. The number of carbonyl (C=O) groups excluding carboxylic acids is 2. The van der Waals surface area contributed by atoms with E-state index in [9.17, 15) is 24.8 Å². The van der Waals surface area contributed by atoms with Crippen molar-refractivity contribution in [1.82, 2.24) is 0 Å². The lowest BCUT2D eigenvalue weighted by Gasteiger charge is -2.47. The van der Waals surface area contributed by atoms with Gasteiger partial charge < -0.3 is 19.9 Å². The van der Waals surface area contributed by atoms with Gasteiger partial charge in [-0.25, -0.2) is 0 Å². The van der Waals surface area contributed by atoms with Crippen molar-refractivity contribution in [1.29, 1.82) is 0 Å². The summed E-state index contributed by atoms with van der Waals surface area (Å²) in [6.45, 7) is 5.73. The molecule has 3 aliphatic rings. The van der Waals surface area contributed by atoms with Crippen LogP contribution in [0.5, 0.6) is 5.75 Å². The predicted octanol–water partition coefficient (Wildman–Crippen LogP) is 5.47. The molecule has 39 heavy (non-hydrogen) atoms. The van der Waals surface area contributed by atoms with Crippen LogP contribution >= 0.6 is 0 Å². The second kappa shape index (κ2) is 11.2. The van der Waals surface area contributed by atoms with Gasteiger partial charge in [0.05, 0.1) is 12.7 Å². The van der Waals surface area contributed by atoms with Gasteiger partial charge in [0.2, 0.25) is 0 Å². The molecule has 2 aromatic carbocycles. The monoisotopic (exact) mass is 528 g/mol. The normalized spacial score (nSPS) is 24.9.